The van der Waals surface area contributed by atoms with Crippen LogP contribution in [-0.4, -0.2) is 37.6 Å². The van der Waals surface area contributed by atoms with Crippen LogP contribution in [0.4, 0.5) is 0 Å². The van der Waals surface area contributed by atoms with Gasteiger partial charge in [-0.3, -0.25) is 4.79 Å². The fourth-order valence-corrected chi connectivity index (χ4v) is 1.93. The summed E-state index contributed by atoms with van der Waals surface area (Å²) in [6, 6.07) is 0. The Labute approximate surface area is 80.1 Å². The molecule has 1 heterocycles. The molecular weight excluding hydrogens is 166 g/mol. The highest BCUT2D eigenvalue weighted by atomic mass is 16.5. The Kier molecular flexibility index (Phi) is 4.22. The van der Waals surface area contributed by atoms with Crippen molar-refractivity contribution in [3.63, 3.8) is 0 Å². The second-order valence-corrected chi connectivity index (χ2v) is 3.66. The fourth-order valence-electron chi connectivity index (χ4n) is 1.93. The standard InChI is InChI=1S/C10H19NO2/c1-3-6-11-7-4-5-9(8-11)10(12)13-2/h9H,3-8H2,1-2H3. The molecule has 3 heteroatoms. The lowest BCUT2D eigenvalue weighted by Crippen LogP contribution is -2.39. The molecule has 0 aliphatic carbocycles. The highest BCUT2D eigenvalue weighted by Gasteiger charge is 2.25. The summed E-state index contributed by atoms with van der Waals surface area (Å²) in [5.41, 5.74) is 0. The van der Waals surface area contributed by atoms with Crippen LogP contribution in [-0.2, 0) is 9.53 Å². The molecule has 0 amide bonds. The van der Waals surface area contributed by atoms with Gasteiger partial charge in [-0.15, -0.1) is 0 Å². The number of esters is 1. The van der Waals surface area contributed by atoms with Crippen molar-refractivity contribution in [3.8, 4) is 0 Å². The fraction of sp³-hybridized carbons (Fsp3) is 0.900. The average molecular weight is 185 g/mol. The number of carbonyl (C=O) groups excluding carboxylic acids is 1. The Bertz CT molecular complexity index is 168. The van der Waals surface area contributed by atoms with Crippen molar-refractivity contribution in [2.45, 2.75) is 26.2 Å². The van der Waals surface area contributed by atoms with E-state index >= 15 is 0 Å². The van der Waals surface area contributed by atoms with Gasteiger partial charge >= 0.3 is 5.97 Å². The smallest absolute Gasteiger partial charge is 0.309 e. The van der Waals surface area contributed by atoms with Gasteiger partial charge in [0.2, 0.25) is 0 Å². The van der Waals surface area contributed by atoms with Crippen LogP contribution in [0, 0.1) is 5.92 Å². The molecule has 0 spiro atoms. The first-order valence-electron chi connectivity index (χ1n) is 5.08. The maximum Gasteiger partial charge on any atom is 0.309 e. The van der Waals surface area contributed by atoms with Gasteiger partial charge in [0, 0.05) is 6.54 Å². The van der Waals surface area contributed by atoms with Gasteiger partial charge in [-0.2, -0.15) is 0 Å². The molecule has 1 saturated heterocycles. The van der Waals surface area contributed by atoms with Gasteiger partial charge in [-0.1, -0.05) is 6.92 Å². The van der Waals surface area contributed by atoms with E-state index in [1.165, 1.54) is 7.11 Å². The summed E-state index contributed by atoms with van der Waals surface area (Å²) in [5, 5.41) is 0. The summed E-state index contributed by atoms with van der Waals surface area (Å²) in [6.07, 6.45) is 3.28. The van der Waals surface area contributed by atoms with Crippen molar-refractivity contribution in [1.82, 2.24) is 4.90 Å². The highest BCUT2D eigenvalue weighted by molar-refractivity contribution is 5.72. The van der Waals surface area contributed by atoms with Crippen LogP contribution in [0.15, 0.2) is 0 Å². The summed E-state index contributed by atoms with van der Waals surface area (Å²) >= 11 is 0. The van der Waals surface area contributed by atoms with Gasteiger partial charge in [0.05, 0.1) is 13.0 Å². The molecule has 76 valence electrons. The number of methoxy groups -OCH3 is 1. The van der Waals surface area contributed by atoms with Crippen molar-refractivity contribution < 1.29 is 9.53 Å². The summed E-state index contributed by atoms with van der Waals surface area (Å²) in [6.45, 7) is 5.30. The third kappa shape index (κ3) is 2.99. The maximum absolute atomic E-state index is 11.3. The van der Waals surface area contributed by atoms with E-state index in [1.807, 2.05) is 0 Å². The van der Waals surface area contributed by atoms with Gasteiger partial charge in [-0.25, -0.2) is 0 Å². The number of piperidine rings is 1. The third-order valence-corrected chi connectivity index (χ3v) is 2.58. The number of ether oxygens (including phenoxy) is 1. The highest BCUT2D eigenvalue weighted by Crippen LogP contribution is 2.17. The molecule has 0 aromatic heterocycles. The first-order valence-corrected chi connectivity index (χ1v) is 5.08. The molecular formula is C10H19NO2. The van der Waals surface area contributed by atoms with Crippen LogP contribution in [0.3, 0.4) is 0 Å². The van der Waals surface area contributed by atoms with E-state index in [1.54, 1.807) is 0 Å². The van der Waals surface area contributed by atoms with Gasteiger partial charge < -0.3 is 9.64 Å². The van der Waals surface area contributed by atoms with E-state index in [2.05, 4.69) is 11.8 Å². The van der Waals surface area contributed by atoms with Gasteiger partial charge in [0.25, 0.3) is 0 Å². The molecule has 0 aromatic rings. The largest absolute Gasteiger partial charge is 0.469 e. The zero-order valence-corrected chi connectivity index (χ0v) is 8.58. The molecule has 1 unspecified atom stereocenters. The lowest BCUT2D eigenvalue weighted by Gasteiger charge is -2.30. The number of carbonyl (C=O) groups is 1. The third-order valence-electron chi connectivity index (χ3n) is 2.58. The molecule has 0 aromatic carbocycles. The van der Waals surface area contributed by atoms with Crippen LogP contribution >= 0.6 is 0 Å². The molecule has 13 heavy (non-hydrogen) atoms. The second kappa shape index (κ2) is 5.22. The Hall–Kier alpha value is -0.570. The minimum Gasteiger partial charge on any atom is -0.469 e. The first kappa shape index (κ1) is 10.5. The van der Waals surface area contributed by atoms with Crippen molar-refractivity contribution in [2.75, 3.05) is 26.7 Å². The molecule has 0 bridgehead atoms. The Morgan fingerprint density at radius 2 is 2.38 bits per heavy atom. The Balaban J connectivity index is 2.37. The number of likely N-dealkylation sites (tertiary alicyclic amines) is 1. The summed E-state index contributed by atoms with van der Waals surface area (Å²) < 4.78 is 4.75. The van der Waals surface area contributed by atoms with Gasteiger partial charge in [0.1, 0.15) is 0 Å². The van der Waals surface area contributed by atoms with Crippen molar-refractivity contribution in [2.24, 2.45) is 5.92 Å². The van der Waals surface area contributed by atoms with Gasteiger partial charge in [0.15, 0.2) is 0 Å². The number of hydrogen-bond donors (Lipinski definition) is 0. The van der Waals surface area contributed by atoms with E-state index in [0.717, 1.165) is 38.9 Å². The molecule has 1 atom stereocenters. The zero-order chi connectivity index (χ0) is 9.68. The molecule has 1 fully saturated rings. The molecule has 0 saturated carbocycles. The quantitative estimate of drug-likeness (QED) is 0.620. The normalized spacial score (nSPS) is 24.3. The lowest BCUT2D eigenvalue weighted by atomic mass is 9.98. The lowest BCUT2D eigenvalue weighted by molar-refractivity contribution is -0.147. The molecule has 1 aliphatic heterocycles. The van der Waals surface area contributed by atoms with Crippen molar-refractivity contribution in [3.05, 3.63) is 0 Å². The molecule has 0 N–H and O–H groups in total. The monoisotopic (exact) mass is 185 g/mol. The Morgan fingerprint density at radius 1 is 1.62 bits per heavy atom. The molecule has 1 aliphatic rings. The minimum absolute atomic E-state index is 0.0409. The van der Waals surface area contributed by atoms with E-state index in [4.69, 9.17) is 4.74 Å². The summed E-state index contributed by atoms with van der Waals surface area (Å²) in [7, 11) is 1.47. The predicted molar refractivity (Wildman–Crippen MR) is 51.5 cm³/mol. The Morgan fingerprint density at radius 3 is 3.00 bits per heavy atom. The van der Waals surface area contributed by atoms with E-state index in [-0.39, 0.29) is 11.9 Å². The number of nitrogens with zero attached hydrogens (tertiary/aromatic N) is 1. The SMILES string of the molecule is CCCN1CCCC(C(=O)OC)C1. The topological polar surface area (TPSA) is 29.5 Å². The summed E-state index contributed by atoms with van der Waals surface area (Å²) in [5.74, 6) is 0.0751. The van der Waals surface area contributed by atoms with Crippen molar-refractivity contribution in [1.29, 1.82) is 0 Å². The van der Waals surface area contributed by atoms with Crippen LogP contribution in [0.25, 0.3) is 0 Å². The van der Waals surface area contributed by atoms with E-state index < -0.39 is 0 Å². The van der Waals surface area contributed by atoms with Crippen LogP contribution in [0.2, 0.25) is 0 Å². The average Bonchev–Trinajstić information content (AvgIpc) is 2.18. The van der Waals surface area contributed by atoms with Crippen LogP contribution < -0.4 is 0 Å². The number of rotatable bonds is 3. The van der Waals surface area contributed by atoms with E-state index in [9.17, 15) is 4.79 Å². The van der Waals surface area contributed by atoms with E-state index in [0.29, 0.717) is 0 Å². The van der Waals surface area contributed by atoms with Crippen molar-refractivity contribution >= 4 is 5.97 Å². The molecule has 1 rings (SSSR count). The van der Waals surface area contributed by atoms with Crippen LogP contribution in [0.1, 0.15) is 26.2 Å². The summed E-state index contributed by atoms with van der Waals surface area (Å²) in [4.78, 5) is 13.6. The second-order valence-electron chi connectivity index (χ2n) is 3.66. The minimum atomic E-state index is -0.0409. The number of hydrogen-bond acceptors (Lipinski definition) is 3. The van der Waals surface area contributed by atoms with Gasteiger partial charge in [-0.05, 0) is 32.4 Å². The van der Waals surface area contributed by atoms with Crippen LogP contribution in [0.5, 0.6) is 0 Å². The predicted octanol–water partition coefficient (Wildman–Crippen LogP) is 1.28. The first-order chi connectivity index (χ1) is 6.27. The zero-order valence-electron chi connectivity index (χ0n) is 8.58. The molecule has 0 radical (unpaired) electrons. The molecule has 3 nitrogen and oxygen atoms in total. The maximum atomic E-state index is 11.3.